The Kier molecular flexibility index (Phi) is 5.48. The van der Waals surface area contributed by atoms with E-state index in [1.165, 1.54) is 6.26 Å². The molecular formula is C21H19ClN4O2S2. The maximum atomic E-state index is 11.8. The monoisotopic (exact) mass is 458 g/mol. The molecular weight excluding hydrogens is 440 g/mol. The zero-order chi connectivity index (χ0) is 21.5. The van der Waals surface area contributed by atoms with Crippen molar-refractivity contribution in [3.05, 3.63) is 65.9 Å². The molecule has 0 aliphatic rings. The zero-order valence-corrected chi connectivity index (χ0v) is 19.0. The Hall–Kier alpha value is -2.55. The minimum atomic E-state index is -3.26. The van der Waals surface area contributed by atoms with Crippen molar-refractivity contribution in [1.82, 2.24) is 19.3 Å². The van der Waals surface area contributed by atoms with E-state index in [2.05, 4.69) is 5.10 Å². The van der Waals surface area contributed by atoms with Gasteiger partial charge in [0.15, 0.2) is 9.84 Å². The maximum absolute atomic E-state index is 11.8. The van der Waals surface area contributed by atoms with Crippen molar-refractivity contribution in [3.8, 4) is 22.6 Å². The van der Waals surface area contributed by atoms with Crippen molar-refractivity contribution in [3.63, 3.8) is 0 Å². The van der Waals surface area contributed by atoms with Gasteiger partial charge >= 0.3 is 0 Å². The average Bonchev–Trinajstić information content (AvgIpc) is 3.27. The van der Waals surface area contributed by atoms with Gasteiger partial charge in [0.1, 0.15) is 16.5 Å². The fraction of sp³-hybridized carbons (Fsp3) is 0.143. The number of hydrogen-bond donors (Lipinski definition) is 0. The molecule has 2 heterocycles. The number of aromatic nitrogens is 4. The fourth-order valence-electron chi connectivity index (χ4n) is 3.06. The van der Waals surface area contributed by atoms with Gasteiger partial charge in [-0.1, -0.05) is 35.5 Å². The van der Waals surface area contributed by atoms with Gasteiger partial charge in [0.2, 0.25) is 0 Å². The summed E-state index contributed by atoms with van der Waals surface area (Å²) in [6.07, 6.45) is 4.89. The molecule has 0 saturated heterocycles. The summed E-state index contributed by atoms with van der Waals surface area (Å²) >= 11 is 7.60. The highest BCUT2D eigenvalue weighted by atomic mass is 35.5. The first-order chi connectivity index (χ1) is 14.2. The summed E-state index contributed by atoms with van der Waals surface area (Å²) < 4.78 is 27.4. The van der Waals surface area contributed by atoms with E-state index >= 15 is 0 Å². The molecule has 0 radical (unpaired) electrons. The molecule has 30 heavy (non-hydrogen) atoms. The van der Waals surface area contributed by atoms with Gasteiger partial charge in [-0.25, -0.2) is 13.4 Å². The summed E-state index contributed by atoms with van der Waals surface area (Å²) in [6.45, 7) is 0. The molecule has 0 unspecified atom stereocenters. The highest BCUT2D eigenvalue weighted by Gasteiger charge is 2.20. The van der Waals surface area contributed by atoms with Crippen LogP contribution in [0.1, 0.15) is 0 Å². The van der Waals surface area contributed by atoms with Crippen LogP contribution in [0.4, 0.5) is 0 Å². The first kappa shape index (κ1) is 20.7. The van der Waals surface area contributed by atoms with Crippen LogP contribution in [0.3, 0.4) is 0 Å². The number of nitrogens with zero attached hydrogens (tertiary/aromatic N) is 4. The van der Waals surface area contributed by atoms with Crippen LogP contribution in [0.2, 0.25) is 5.02 Å². The molecule has 4 aromatic rings. The molecule has 2 aromatic heterocycles. The van der Waals surface area contributed by atoms with E-state index in [9.17, 15) is 8.42 Å². The lowest BCUT2D eigenvalue weighted by Crippen LogP contribution is -1.96. The second-order valence-corrected chi connectivity index (χ2v) is 10.4. The van der Waals surface area contributed by atoms with Crippen LogP contribution in [-0.2, 0) is 23.9 Å². The lowest BCUT2D eigenvalue weighted by molar-refractivity contribution is 0.602. The molecule has 0 aliphatic heterocycles. The van der Waals surface area contributed by atoms with Crippen LogP contribution < -0.4 is 0 Å². The minimum Gasteiger partial charge on any atom is -0.321 e. The van der Waals surface area contributed by atoms with E-state index in [1.807, 2.05) is 49.1 Å². The Morgan fingerprint density at radius 2 is 1.63 bits per heavy atom. The number of hydrogen-bond acceptors (Lipinski definition) is 5. The quantitative estimate of drug-likeness (QED) is 0.433. The SMILES string of the molecule is Cn1cc(-c2nc(-c3ccc(S(C)(=O)=O)cc3)c(Sc3ccc(Cl)cc3)n2C)cn1. The molecule has 4 rings (SSSR count). The fourth-order valence-corrected chi connectivity index (χ4v) is 4.79. The molecule has 0 fully saturated rings. The van der Waals surface area contributed by atoms with E-state index in [0.717, 1.165) is 32.6 Å². The van der Waals surface area contributed by atoms with E-state index in [0.29, 0.717) is 5.02 Å². The first-order valence-corrected chi connectivity index (χ1v) is 12.1. The van der Waals surface area contributed by atoms with E-state index in [4.69, 9.17) is 16.6 Å². The van der Waals surface area contributed by atoms with E-state index < -0.39 is 9.84 Å². The molecule has 0 spiro atoms. The van der Waals surface area contributed by atoms with Gasteiger partial charge < -0.3 is 4.57 Å². The minimum absolute atomic E-state index is 0.279. The molecule has 0 saturated carbocycles. The van der Waals surface area contributed by atoms with Crippen molar-refractivity contribution >= 4 is 33.2 Å². The van der Waals surface area contributed by atoms with Gasteiger partial charge in [-0.2, -0.15) is 5.10 Å². The van der Waals surface area contributed by atoms with Crippen LogP contribution in [0.15, 0.2) is 75.7 Å². The summed E-state index contributed by atoms with van der Waals surface area (Å²) in [7, 11) is 0.560. The van der Waals surface area contributed by atoms with Crippen molar-refractivity contribution in [1.29, 1.82) is 0 Å². The van der Waals surface area contributed by atoms with E-state index in [-0.39, 0.29) is 4.90 Å². The Labute approximate surface area is 184 Å². The standard InChI is InChI=1S/C21H19ClN4O2S2/c1-25-13-15(12-23-25)20-24-19(14-4-10-18(11-5-14)30(3,27)28)21(26(20)2)29-17-8-6-16(22)7-9-17/h4-13H,1-3H3. The van der Waals surface area contributed by atoms with E-state index in [1.54, 1.807) is 46.9 Å². The number of halogens is 1. The van der Waals surface area contributed by atoms with Crippen LogP contribution in [-0.4, -0.2) is 34.0 Å². The van der Waals surface area contributed by atoms with Gasteiger partial charge in [0, 0.05) is 42.0 Å². The summed E-state index contributed by atoms with van der Waals surface area (Å²) in [6, 6.07) is 14.4. The normalized spacial score (nSPS) is 11.7. The largest absolute Gasteiger partial charge is 0.321 e. The molecule has 0 amide bonds. The first-order valence-electron chi connectivity index (χ1n) is 9.02. The Balaban J connectivity index is 1.84. The third-order valence-corrected chi connectivity index (χ3v) is 7.14. The molecule has 0 atom stereocenters. The number of rotatable bonds is 5. The van der Waals surface area contributed by atoms with Gasteiger partial charge in [-0.15, -0.1) is 0 Å². The molecule has 0 bridgehead atoms. The summed E-state index contributed by atoms with van der Waals surface area (Å²) in [5.41, 5.74) is 2.51. The predicted octanol–water partition coefficient (Wildman–Crippen LogP) is 4.70. The third-order valence-electron chi connectivity index (χ3n) is 4.59. The van der Waals surface area contributed by atoms with Gasteiger partial charge in [-0.05, 0) is 36.4 Å². The summed E-state index contributed by atoms with van der Waals surface area (Å²) in [5, 5.41) is 5.86. The van der Waals surface area contributed by atoms with Crippen LogP contribution in [0.5, 0.6) is 0 Å². The van der Waals surface area contributed by atoms with Crippen molar-refractivity contribution in [2.24, 2.45) is 14.1 Å². The lowest BCUT2D eigenvalue weighted by Gasteiger charge is -2.08. The molecule has 0 N–H and O–H groups in total. The number of benzene rings is 2. The maximum Gasteiger partial charge on any atom is 0.175 e. The van der Waals surface area contributed by atoms with Gasteiger partial charge in [-0.3, -0.25) is 4.68 Å². The third kappa shape index (κ3) is 4.16. The van der Waals surface area contributed by atoms with Crippen molar-refractivity contribution < 1.29 is 8.42 Å². The summed E-state index contributed by atoms with van der Waals surface area (Å²) in [5.74, 6) is 0.779. The topological polar surface area (TPSA) is 69.8 Å². The predicted molar refractivity (Wildman–Crippen MR) is 120 cm³/mol. The highest BCUT2D eigenvalue weighted by molar-refractivity contribution is 7.99. The second kappa shape index (κ2) is 7.94. The Bertz CT molecular complexity index is 1310. The number of sulfone groups is 1. The van der Waals surface area contributed by atoms with Crippen LogP contribution in [0.25, 0.3) is 22.6 Å². The summed E-state index contributed by atoms with van der Waals surface area (Å²) in [4.78, 5) is 6.18. The van der Waals surface area contributed by atoms with Gasteiger partial charge in [0.05, 0.1) is 16.7 Å². The molecule has 154 valence electrons. The molecule has 9 heteroatoms. The molecule has 6 nitrogen and oxygen atoms in total. The lowest BCUT2D eigenvalue weighted by atomic mass is 10.2. The molecule has 0 aliphatic carbocycles. The Morgan fingerprint density at radius 3 is 2.20 bits per heavy atom. The molecule has 2 aromatic carbocycles. The van der Waals surface area contributed by atoms with Crippen LogP contribution in [0, 0.1) is 0 Å². The van der Waals surface area contributed by atoms with Crippen LogP contribution >= 0.6 is 23.4 Å². The Morgan fingerprint density at radius 1 is 0.967 bits per heavy atom. The second-order valence-electron chi connectivity index (χ2n) is 6.90. The smallest absolute Gasteiger partial charge is 0.175 e. The van der Waals surface area contributed by atoms with Crippen molar-refractivity contribution in [2.45, 2.75) is 14.8 Å². The van der Waals surface area contributed by atoms with Crippen molar-refractivity contribution in [2.75, 3.05) is 6.26 Å². The highest BCUT2D eigenvalue weighted by Crippen LogP contribution is 2.39. The number of aryl methyl sites for hydroxylation is 1. The zero-order valence-electron chi connectivity index (χ0n) is 16.6. The van der Waals surface area contributed by atoms with Gasteiger partial charge in [0.25, 0.3) is 0 Å². The average molecular weight is 459 g/mol. The number of imidazole rings is 1.